The second-order valence-electron chi connectivity index (χ2n) is 8.82. The molecule has 2 heterocycles. The van der Waals surface area contributed by atoms with Crippen LogP contribution in [0.25, 0.3) is 5.69 Å². The Kier molecular flexibility index (Phi) is 7.98. The van der Waals surface area contributed by atoms with Crippen molar-refractivity contribution < 1.29 is 27.4 Å². The molecule has 2 N–H and O–H groups in total. The second-order valence-corrected chi connectivity index (χ2v) is 9.63. The fourth-order valence-electron chi connectivity index (χ4n) is 2.95. The van der Waals surface area contributed by atoms with Crippen LogP contribution in [0.2, 0.25) is 10.0 Å². The number of hydrogen-bond donors (Lipinski definition) is 2. The van der Waals surface area contributed by atoms with Crippen LogP contribution < -0.4 is 26.9 Å². The van der Waals surface area contributed by atoms with Crippen molar-refractivity contribution in [2.75, 3.05) is 5.32 Å². The van der Waals surface area contributed by atoms with E-state index < -0.39 is 46.5 Å². The molecule has 2 aromatic heterocycles. The molecule has 0 bridgehead atoms. The van der Waals surface area contributed by atoms with Crippen LogP contribution in [0.1, 0.15) is 33.7 Å². The van der Waals surface area contributed by atoms with Gasteiger partial charge in [-0.3, -0.25) is 24.5 Å². The number of benzene rings is 1. The van der Waals surface area contributed by atoms with E-state index in [0.717, 1.165) is 25.3 Å². The van der Waals surface area contributed by atoms with Gasteiger partial charge < -0.3 is 9.47 Å². The number of aromatic amines is 1. The van der Waals surface area contributed by atoms with Crippen LogP contribution in [0.4, 0.5) is 23.8 Å². The molecular formula is C22H20Cl2F3N5O6. The highest BCUT2D eigenvalue weighted by Gasteiger charge is 2.38. The number of aromatic nitrogens is 4. The van der Waals surface area contributed by atoms with Gasteiger partial charge in [-0.2, -0.15) is 17.9 Å². The lowest BCUT2D eigenvalue weighted by molar-refractivity contribution is -0.163. The predicted molar refractivity (Wildman–Crippen MR) is 132 cm³/mol. The molecule has 0 radical (unpaired) electrons. The normalized spacial score (nSPS) is 12.7. The fraction of sp³-hybridized carbons (Fsp3) is 0.318. The van der Waals surface area contributed by atoms with Crippen molar-refractivity contribution in [2.45, 2.75) is 45.5 Å². The number of amides is 1. The summed E-state index contributed by atoms with van der Waals surface area (Å²) in [5, 5.41) is 5.55. The monoisotopic (exact) mass is 577 g/mol. The summed E-state index contributed by atoms with van der Waals surface area (Å²) < 4.78 is 51.0. The maximum Gasteiger partial charge on any atom is 0.413 e. The summed E-state index contributed by atoms with van der Waals surface area (Å²) in [5.41, 5.74) is -3.85. The van der Waals surface area contributed by atoms with Crippen LogP contribution in [-0.4, -0.2) is 37.2 Å². The topological polar surface area (TPSA) is 137 Å². The zero-order chi connectivity index (χ0) is 28.6. The van der Waals surface area contributed by atoms with Gasteiger partial charge in [-0.05, 0) is 45.9 Å². The molecule has 1 amide bonds. The summed E-state index contributed by atoms with van der Waals surface area (Å²) >= 11 is 12.5. The highest BCUT2D eigenvalue weighted by atomic mass is 35.5. The lowest BCUT2D eigenvalue weighted by atomic mass is 10.2. The van der Waals surface area contributed by atoms with Crippen molar-refractivity contribution in [3.05, 3.63) is 71.7 Å². The lowest BCUT2D eigenvalue weighted by Crippen LogP contribution is -2.36. The quantitative estimate of drug-likeness (QED) is 0.450. The van der Waals surface area contributed by atoms with Gasteiger partial charge in [0.15, 0.2) is 5.75 Å². The number of nitrogens with zero attached hydrogens (tertiary/aromatic N) is 3. The number of H-pyrrole nitrogens is 1. The van der Waals surface area contributed by atoms with Crippen molar-refractivity contribution in [1.29, 1.82) is 0 Å². The van der Waals surface area contributed by atoms with E-state index in [2.05, 4.69) is 10.4 Å². The molecule has 204 valence electrons. The van der Waals surface area contributed by atoms with E-state index in [-0.39, 0.29) is 27.2 Å². The Hall–Kier alpha value is -3.78. The zero-order valence-corrected chi connectivity index (χ0v) is 21.7. The van der Waals surface area contributed by atoms with Gasteiger partial charge in [0, 0.05) is 6.07 Å². The average molecular weight is 578 g/mol. The summed E-state index contributed by atoms with van der Waals surface area (Å²) in [5.74, 6) is -0.945. The molecule has 1 unspecified atom stereocenters. The molecule has 0 spiro atoms. The minimum atomic E-state index is -4.69. The van der Waals surface area contributed by atoms with E-state index >= 15 is 0 Å². The Bertz CT molecular complexity index is 1540. The lowest BCUT2D eigenvalue weighted by Gasteiger charge is -2.19. The van der Waals surface area contributed by atoms with Gasteiger partial charge in [0.05, 0.1) is 21.9 Å². The van der Waals surface area contributed by atoms with Gasteiger partial charge in [-0.1, -0.05) is 23.2 Å². The predicted octanol–water partition coefficient (Wildman–Crippen LogP) is 4.65. The number of halogens is 5. The SMILES string of the molecule is CC(n1cc(Oc2c(Cl)cc(-n3nc(NC(=O)OC(C)(C)C)c(=O)[nH]c3=O)cc2Cl)ccc1=O)C(F)(F)F. The summed E-state index contributed by atoms with van der Waals surface area (Å²) in [6.45, 7) is 5.61. The maximum atomic E-state index is 13.1. The van der Waals surface area contributed by atoms with Crippen LogP contribution in [0.3, 0.4) is 0 Å². The Morgan fingerprint density at radius 1 is 1.11 bits per heavy atom. The Balaban J connectivity index is 1.97. The molecule has 0 aliphatic rings. The van der Waals surface area contributed by atoms with E-state index in [1.54, 1.807) is 20.8 Å². The number of nitrogens with one attached hydrogen (secondary N) is 2. The molecule has 0 saturated heterocycles. The van der Waals surface area contributed by atoms with E-state index in [1.165, 1.54) is 12.1 Å². The third-order valence-electron chi connectivity index (χ3n) is 4.70. The van der Waals surface area contributed by atoms with Crippen LogP contribution >= 0.6 is 23.2 Å². The van der Waals surface area contributed by atoms with Crippen molar-refractivity contribution in [1.82, 2.24) is 19.3 Å². The first kappa shape index (κ1) is 28.8. The number of alkyl halides is 3. The molecule has 0 aliphatic carbocycles. The number of pyridine rings is 1. The summed E-state index contributed by atoms with van der Waals surface area (Å²) in [6, 6.07) is 2.22. The first-order valence-corrected chi connectivity index (χ1v) is 11.4. The summed E-state index contributed by atoms with van der Waals surface area (Å²) in [6.07, 6.45) is -4.83. The Labute approximate surface area is 221 Å². The van der Waals surface area contributed by atoms with E-state index in [0.29, 0.717) is 9.25 Å². The Morgan fingerprint density at radius 2 is 1.71 bits per heavy atom. The maximum absolute atomic E-state index is 13.1. The molecule has 3 rings (SSSR count). The van der Waals surface area contributed by atoms with Crippen LogP contribution in [0.15, 0.2) is 44.8 Å². The van der Waals surface area contributed by atoms with Crippen LogP contribution in [0.5, 0.6) is 11.5 Å². The molecule has 1 atom stereocenters. The smallest absolute Gasteiger partial charge is 0.413 e. The molecule has 3 aromatic rings. The number of anilines is 1. The number of hydrogen-bond acceptors (Lipinski definition) is 7. The number of ether oxygens (including phenoxy) is 2. The van der Waals surface area contributed by atoms with Crippen molar-refractivity contribution >= 4 is 35.1 Å². The van der Waals surface area contributed by atoms with Gasteiger partial charge >= 0.3 is 18.0 Å². The molecule has 0 saturated carbocycles. The number of rotatable bonds is 5. The highest BCUT2D eigenvalue weighted by Crippen LogP contribution is 2.38. The van der Waals surface area contributed by atoms with Crippen molar-refractivity contribution in [2.24, 2.45) is 0 Å². The van der Waals surface area contributed by atoms with Gasteiger partial charge in [0.1, 0.15) is 17.4 Å². The first-order valence-electron chi connectivity index (χ1n) is 10.7. The second kappa shape index (κ2) is 10.5. The standard InChI is InChI=1S/C22H20Cl2F3N5O6/c1-10(22(25,26)27)31-9-12(5-6-15(31)33)37-16-13(23)7-11(8-14(16)24)32-19(35)29-18(34)17(30-32)28-20(36)38-21(2,3)4/h5-10H,1-4H3,(H,28,30,36)(H,29,34,35). The fourth-order valence-corrected chi connectivity index (χ4v) is 3.50. The van der Waals surface area contributed by atoms with Crippen molar-refractivity contribution in [3.8, 4) is 17.2 Å². The average Bonchev–Trinajstić information content (AvgIpc) is 2.76. The molecule has 11 nitrogen and oxygen atoms in total. The largest absolute Gasteiger partial charge is 0.453 e. The summed E-state index contributed by atoms with van der Waals surface area (Å²) in [7, 11) is 0. The van der Waals surface area contributed by atoms with E-state index in [9.17, 15) is 32.3 Å². The third kappa shape index (κ3) is 6.75. The molecule has 16 heteroatoms. The molecule has 0 aliphatic heterocycles. The van der Waals surface area contributed by atoms with Gasteiger partial charge in [0.2, 0.25) is 5.82 Å². The summed E-state index contributed by atoms with van der Waals surface area (Å²) in [4.78, 5) is 50.4. The minimum Gasteiger partial charge on any atom is -0.453 e. The van der Waals surface area contributed by atoms with E-state index in [4.69, 9.17) is 32.7 Å². The minimum absolute atomic E-state index is 0.0588. The molecule has 38 heavy (non-hydrogen) atoms. The van der Waals surface area contributed by atoms with E-state index in [1.807, 2.05) is 4.98 Å². The van der Waals surface area contributed by atoms with Gasteiger partial charge in [0.25, 0.3) is 11.1 Å². The first-order chi connectivity index (χ1) is 17.5. The number of carbonyl (C=O) groups excluding carboxylic acids is 1. The van der Waals surface area contributed by atoms with Crippen LogP contribution in [-0.2, 0) is 4.74 Å². The third-order valence-corrected chi connectivity index (χ3v) is 5.26. The Morgan fingerprint density at radius 3 is 2.26 bits per heavy atom. The zero-order valence-electron chi connectivity index (χ0n) is 20.1. The molecule has 1 aromatic carbocycles. The van der Waals surface area contributed by atoms with Crippen LogP contribution in [0, 0.1) is 0 Å². The molecule has 0 fully saturated rings. The van der Waals surface area contributed by atoms with Gasteiger partial charge in [-0.25, -0.2) is 9.59 Å². The highest BCUT2D eigenvalue weighted by molar-refractivity contribution is 6.37. The van der Waals surface area contributed by atoms with Gasteiger partial charge in [-0.15, -0.1) is 5.10 Å². The molecular weight excluding hydrogens is 558 g/mol. The number of carbonyl (C=O) groups is 1. The van der Waals surface area contributed by atoms with Crippen molar-refractivity contribution in [3.63, 3.8) is 0 Å².